The first kappa shape index (κ1) is 21.2. The minimum absolute atomic E-state index is 0.0106. The molecule has 1 heterocycles. The Kier molecular flexibility index (Phi) is 5.69. The lowest BCUT2D eigenvalue weighted by Crippen LogP contribution is -2.18. The van der Waals surface area contributed by atoms with Crippen molar-refractivity contribution < 1.29 is 14.6 Å². The van der Waals surface area contributed by atoms with Crippen molar-refractivity contribution in [2.75, 3.05) is 0 Å². The van der Waals surface area contributed by atoms with Gasteiger partial charge >= 0.3 is 5.63 Å². The summed E-state index contributed by atoms with van der Waals surface area (Å²) in [4.78, 5) is 13.2. The molecule has 0 saturated carbocycles. The number of allylic oxidation sites excluding steroid dienone is 2. The number of fused-ring (bicyclic) bond motifs is 1. The van der Waals surface area contributed by atoms with Crippen molar-refractivity contribution in [1.82, 2.24) is 0 Å². The molecule has 4 aromatic rings. The van der Waals surface area contributed by atoms with Crippen LogP contribution < -0.4 is 5.63 Å². The number of aryl methyl sites for hydroxylation is 1. The van der Waals surface area contributed by atoms with Gasteiger partial charge in [-0.05, 0) is 37.1 Å². The molecule has 32 heavy (non-hydrogen) atoms. The second-order valence-electron chi connectivity index (χ2n) is 7.85. The van der Waals surface area contributed by atoms with E-state index in [1.807, 2.05) is 61.5 Å². The maximum Gasteiger partial charge on any atom is 0.344 e. The van der Waals surface area contributed by atoms with Crippen LogP contribution in [0.3, 0.4) is 0 Å². The predicted octanol–water partition coefficient (Wildman–Crippen LogP) is 6.48. The fraction of sp³-hybridized carbons (Fsp3) is 0.107. The molecule has 4 nitrogen and oxygen atoms in total. The number of aliphatic hydroxyl groups is 1. The average Bonchev–Trinajstić information content (AvgIpc) is 2.79. The summed E-state index contributed by atoms with van der Waals surface area (Å²) in [5, 5.41) is 23.1. The zero-order valence-electron chi connectivity index (χ0n) is 18.0. The van der Waals surface area contributed by atoms with Crippen LogP contribution in [0.5, 0.6) is 5.75 Å². The van der Waals surface area contributed by atoms with Crippen molar-refractivity contribution in [2.45, 2.75) is 19.8 Å². The Morgan fingerprint density at radius 2 is 1.56 bits per heavy atom. The van der Waals surface area contributed by atoms with E-state index in [0.29, 0.717) is 27.7 Å². The number of para-hydroxylation sites is 1. The quantitative estimate of drug-likeness (QED) is 0.218. The number of hydrogen-bond acceptors (Lipinski definition) is 4. The Hall–Kier alpha value is -4.05. The van der Waals surface area contributed by atoms with E-state index in [1.165, 1.54) is 0 Å². The van der Waals surface area contributed by atoms with E-state index in [-0.39, 0.29) is 17.1 Å². The fourth-order valence-electron chi connectivity index (χ4n) is 4.09. The van der Waals surface area contributed by atoms with Gasteiger partial charge in [-0.1, -0.05) is 78.9 Å². The van der Waals surface area contributed by atoms with Crippen LogP contribution in [0.2, 0.25) is 0 Å². The van der Waals surface area contributed by atoms with Gasteiger partial charge in [0, 0.05) is 17.1 Å². The molecule has 1 aromatic heterocycles. The van der Waals surface area contributed by atoms with Gasteiger partial charge in [0.05, 0.1) is 10.9 Å². The van der Waals surface area contributed by atoms with Crippen LogP contribution in [0.1, 0.15) is 35.1 Å². The molecule has 160 valence electrons. The Morgan fingerprint density at radius 3 is 2.25 bits per heavy atom. The molecule has 0 saturated heterocycles. The summed E-state index contributed by atoms with van der Waals surface area (Å²) in [6, 6.07) is 23.6. The molecule has 0 aliphatic carbocycles. The van der Waals surface area contributed by atoms with Crippen LogP contribution in [0.25, 0.3) is 16.7 Å². The van der Waals surface area contributed by atoms with Crippen molar-refractivity contribution in [2.24, 2.45) is 0 Å². The standard InChI is InChI=1S/C28H24O4/c1-17(2)23(26(29)20-14-8-7-11-18(20)3)24(19-12-5-4-6-13-19)25-27(30)21-15-9-10-16-22(21)32-28(25)31/h4-16,24,29-30H,1H2,2-3H3/b26-23-. The minimum Gasteiger partial charge on any atom is -0.507 e. The topological polar surface area (TPSA) is 70.7 Å². The zero-order valence-corrected chi connectivity index (χ0v) is 18.0. The van der Waals surface area contributed by atoms with E-state index in [2.05, 4.69) is 6.58 Å². The van der Waals surface area contributed by atoms with Gasteiger partial charge in [0.2, 0.25) is 0 Å². The Balaban J connectivity index is 2.10. The first-order valence-corrected chi connectivity index (χ1v) is 10.3. The molecule has 3 aromatic carbocycles. The second-order valence-corrected chi connectivity index (χ2v) is 7.85. The molecule has 0 aliphatic rings. The maximum absolute atomic E-state index is 13.2. The summed E-state index contributed by atoms with van der Waals surface area (Å²) >= 11 is 0. The molecule has 2 N–H and O–H groups in total. The monoisotopic (exact) mass is 424 g/mol. The van der Waals surface area contributed by atoms with Gasteiger partial charge in [-0.3, -0.25) is 0 Å². The molecule has 1 unspecified atom stereocenters. The first-order chi connectivity index (χ1) is 15.4. The molecular weight excluding hydrogens is 400 g/mol. The highest BCUT2D eigenvalue weighted by atomic mass is 16.4. The van der Waals surface area contributed by atoms with Crippen LogP contribution in [0, 0.1) is 6.92 Å². The lowest BCUT2D eigenvalue weighted by molar-refractivity contribution is 0.453. The van der Waals surface area contributed by atoms with E-state index < -0.39 is 11.5 Å². The molecule has 4 rings (SSSR count). The van der Waals surface area contributed by atoms with Crippen molar-refractivity contribution in [1.29, 1.82) is 0 Å². The molecule has 0 radical (unpaired) electrons. The lowest BCUT2D eigenvalue weighted by atomic mass is 9.80. The van der Waals surface area contributed by atoms with Crippen molar-refractivity contribution >= 4 is 16.7 Å². The van der Waals surface area contributed by atoms with E-state index in [0.717, 1.165) is 11.1 Å². The SMILES string of the molecule is C=C(C)/C(=C(/O)c1ccccc1C)C(c1ccccc1)c1c(O)c2ccccc2oc1=O. The maximum atomic E-state index is 13.2. The molecular formula is C28H24O4. The highest BCUT2D eigenvalue weighted by Crippen LogP contribution is 2.43. The Morgan fingerprint density at radius 1 is 0.938 bits per heavy atom. The third kappa shape index (κ3) is 3.71. The highest BCUT2D eigenvalue weighted by Gasteiger charge is 2.31. The van der Waals surface area contributed by atoms with Crippen LogP contribution in [-0.4, -0.2) is 10.2 Å². The molecule has 4 heteroatoms. The van der Waals surface area contributed by atoms with E-state index in [1.54, 1.807) is 31.2 Å². The van der Waals surface area contributed by atoms with E-state index in [4.69, 9.17) is 4.42 Å². The average molecular weight is 424 g/mol. The van der Waals surface area contributed by atoms with E-state index >= 15 is 0 Å². The number of aliphatic hydroxyl groups excluding tert-OH is 1. The van der Waals surface area contributed by atoms with Gasteiger partial charge in [-0.25, -0.2) is 4.79 Å². The van der Waals surface area contributed by atoms with Gasteiger partial charge in [0.1, 0.15) is 17.1 Å². The summed E-state index contributed by atoms with van der Waals surface area (Å²) in [6.07, 6.45) is 0. The number of rotatable bonds is 5. The van der Waals surface area contributed by atoms with Gasteiger partial charge in [0.15, 0.2) is 0 Å². The van der Waals surface area contributed by atoms with E-state index in [9.17, 15) is 15.0 Å². The number of benzene rings is 3. The van der Waals surface area contributed by atoms with Crippen molar-refractivity contribution in [3.8, 4) is 5.75 Å². The normalized spacial score (nSPS) is 12.9. The Labute approximate surface area is 186 Å². The van der Waals surface area contributed by atoms with Crippen LogP contribution >= 0.6 is 0 Å². The van der Waals surface area contributed by atoms with Gasteiger partial charge in [0.25, 0.3) is 0 Å². The van der Waals surface area contributed by atoms with Crippen LogP contribution in [0.15, 0.2) is 106 Å². The lowest BCUT2D eigenvalue weighted by Gasteiger charge is -2.24. The summed E-state index contributed by atoms with van der Waals surface area (Å²) in [5.74, 6) is -0.937. The summed E-state index contributed by atoms with van der Waals surface area (Å²) < 4.78 is 5.57. The third-order valence-corrected chi connectivity index (χ3v) is 5.65. The number of hydrogen-bond donors (Lipinski definition) is 2. The molecule has 0 bridgehead atoms. The smallest absolute Gasteiger partial charge is 0.344 e. The van der Waals surface area contributed by atoms with Gasteiger partial charge in [-0.15, -0.1) is 0 Å². The number of aromatic hydroxyl groups is 1. The fourth-order valence-corrected chi connectivity index (χ4v) is 4.09. The molecule has 0 aliphatic heterocycles. The highest BCUT2D eigenvalue weighted by molar-refractivity contribution is 5.85. The summed E-state index contributed by atoms with van der Waals surface area (Å²) in [6.45, 7) is 7.77. The zero-order chi connectivity index (χ0) is 22.8. The molecule has 0 fully saturated rings. The molecule has 1 atom stereocenters. The summed E-state index contributed by atoms with van der Waals surface area (Å²) in [7, 11) is 0. The van der Waals surface area contributed by atoms with Crippen molar-refractivity contribution in [3.63, 3.8) is 0 Å². The van der Waals surface area contributed by atoms with Crippen molar-refractivity contribution in [3.05, 3.63) is 129 Å². The Bertz CT molecular complexity index is 1390. The van der Waals surface area contributed by atoms with Gasteiger partial charge in [-0.2, -0.15) is 0 Å². The van der Waals surface area contributed by atoms with Gasteiger partial charge < -0.3 is 14.6 Å². The minimum atomic E-state index is -0.783. The first-order valence-electron chi connectivity index (χ1n) is 10.3. The molecule has 0 amide bonds. The molecule has 0 spiro atoms. The van der Waals surface area contributed by atoms with Crippen LogP contribution in [-0.2, 0) is 0 Å². The van der Waals surface area contributed by atoms with Crippen LogP contribution in [0.4, 0.5) is 0 Å². The largest absolute Gasteiger partial charge is 0.507 e. The third-order valence-electron chi connectivity index (χ3n) is 5.65. The second kappa shape index (κ2) is 8.60. The predicted molar refractivity (Wildman–Crippen MR) is 128 cm³/mol. The summed E-state index contributed by atoms with van der Waals surface area (Å²) in [5.41, 5.74) is 2.97.